The van der Waals surface area contributed by atoms with Crippen molar-refractivity contribution in [3.8, 4) is 28.0 Å². The van der Waals surface area contributed by atoms with Gasteiger partial charge in [0.25, 0.3) is 0 Å². The van der Waals surface area contributed by atoms with Crippen LogP contribution >= 0.6 is 0 Å². The molecule has 7 heteroatoms. The minimum atomic E-state index is -1.04. The zero-order chi connectivity index (χ0) is 28.5. The second-order valence-electron chi connectivity index (χ2n) is 10.1. The van der Waals surface area contributed by atoms with Crippen LogP contribution < -0.4 is 4.74 Å². The van der Waals surface area contributed by atoms with Crippen LogP contribution in [0, 0.1) is 23.3 Å². The van der Waals surface area contributed by atoms with E-state index in [0.717, 1.165) is 38.5 Å². The van der Waals surface area contributed by atoms with Crippen molar-refractivity contribution in [1.82, 2.24) is 0 Å². The predicted molar refractivity (Wildman–Crippen MR) is 149 cm³/mol. The quantitative estimate of drug-likeness (QED) is 0.119. The number of hydrogen-bond donors (Lipinski definition) is 0. The number of rotatable bonds is 13. The minimum absolute atomic E-state index is 0.0602. The van der Waals surface area contributed by atoms with Gasteiger partial charge in [-0.15, -0.1) is 6.58 Å². The van der Waals surface area contributed by atoms with Crippen molar-refractivity contribution in [1.29, 1.82) is 0 Å². The molecule has 1 saturated heterocycles. The van der Waals surface area contributed by atoms with Gasteiger partial charge >= 0.3 is 0 Å². The Morgan fingerprint density at radius 2 is 1.38 bits per heavy atom. The lowest BCUT2D eigenvalue weighted by Crippen LogP contribution is -2.31. The van der Waals surface area contributed by atoms with Crippen LogP contribution in [0.4, 0.5) is 17.6 Å². The summed E-state index contributed by atoms with van der Waals surface area (Å²) in [6.45, 7) is 6.59. The zero-order valence-electron chi connectivity index (χ0n) is 22.9. The molecule has 0 N–H and O–H groups in total. The van der Waals surface area contributed by atoms with E-state index in [1.165, 1.54) is 18.2 Å². The smallest absolute Gasteiger partial charge is 0.201 e. The number of allylic oxidation sites excluding steroid dienone is 1. The predicted octanol–water partition coefficient (Wildman–Crippen LogP) is 9.35. The molecule has 3 nitrogen and oxygen atoms in total. The Kier molecular flexibility index (Phi) is 10.8. The van der Waals surface area contributed by atoms with Crippen LogP contribution in [-0.4, -0.2) is 26.1 Å². The largest absolute Gasteiger partial charge is 0.490 e. The van der Waals surface area contributed by atoms with Crippen LogP contribution in [0.25, 0.3) is 22.3 Å². The van der Waals surface area contributed by atoms with Crippen LogP contribution in [0.3, 0.4) is 0 Å². The highest BCUT2D eigenvalue weighted by Crippen LogP contribution is 2.34. The van der Waals surface area contributed by atoms with E-state index in [-0.39, 0.29) is 41.9 Å². The van der Waals surface area contributed by atoms with E-state index in [1.54, 1.807) is 36.4 Å². The average molecular weight is 557 g/mol. The Morgan fingerprint density at radius 3 is 2.00 bits per heavy atom. The second kappa shape index (κ2) is 14.5. The number of halogens is 4. The third-order valence-electron chi connectivity index (χ3n) is 7.18. The number of unbranched alkanes of at least 4 members (excludes halogenated alkanes) is 4. The fourth-order valence-corrected chi connectivity index (χ4v) is 4.83. The van der Waals surface area contributed by atoms with E-state index < -0.39 is 29.2 Å². The van der Waals surface area contributed by atoms with Crippen molar-refractivity contribution in [2.45, 2.75) is 64.1 Å². The summed E-state index contributed by atoms with van der Waals surface area (Å²) in [6.07, 6.45) is 7.93. The van der Waals surface area contributed by atoms with E-state index in [1.807, 2.05) is 0 Å². The normalized spacial score (nSPS) is 17.1. The van der Waals surface area contributed by atoms with Crippen LogP contribution in [0.15, 0.2) is 61.2 Å². The maximum absolute atomic E-state index is 15.1. The second-order valence-corrected chi connectivity index (χ2v) is 10.1. The van der Waals surface area contributed by atoms with E-state index in [2.05, 4.69) is 13.5 Å². The molecule has 1 fully saturated rings. The van der Waals surface area contributed by atoms with Gasteiger partial charge in [-0.3, -0.25) is 0 Å². The fourth-order valence-electron chi connectivity index (χ4n) is 4.83. The average Bonchev–Trinajstić information content (AvgIpc) is 2.98. The molecule has 1 aliphatic heterocycles. The summed E-state index contributed by atoms with van der Waals surface area (Å²) < 4.78 is 76.5. The summed E-state index contributed by atoms with van der Waals surface area (Å²) in [5.74, 6) is -4.52. The molecule has 0 spiro atoms. The highest BCUT2D eigenvalue weighted by atomic mass is 19.2. The van der Waals surface area contributed by atoms with Crippen molar-refractivity contribution < 1.29 is 31.8 Å². The first kappa shape index (κ1) is 29.8. The highest BCUT2D eigenvalue weighted by molar-refractivity contribution is 5.72. The molecule has 0 saturated carbocycles. The molecule has 0 unspecified atom stereocenters. The highest BCUT2D eigenvalue weighted by Gasteiger charge is 2.27. The summed E-state index contributed by atoms with van der Waals surface area (Å²) >= 11 is 0. The van der Waals surface area contributed by atoms with Gasteiger partial charge in [-0.1, -0.05) is 75.1 Å². The molecule has 40 heavy (non-hydrogen) atoms. The molecule has 0 aromatic heterocycles. The first-order valence-corrected chi connectivity index (χ1v) is 14.0. The van der Waals surface area contributed by atoms with Gasteiger partial charge in [-0.05, 0) is 41.7 Å². The molecule has 0 bridgehead atoms. The zero-order valence-corrected chi connectivity index (χ0v) is 22.9. The van der Waals surface area contributed by atoms with E-state index in [9.17, 15) is 8.78 Å². The van der Waals surface area contributed by atoms with Gasteiger partial charge in [0.05, 0.1) is 19.8 Å². The first-order valence-electron chi connectivity index (χ1n) is 14.0. The van der Waals surface area contributed by atoms with Crippen molar-refractivity contribution >= 4 is 0 Å². The Labute approximate surface area is 233 Å². The molecular formula is C33H36F4O3. The third-order valence-corrected chi connectivity index (χ3v) is 7.18. The van der Waals surface area contributed by atoms with Crippen LogP contribution in [0.2, 0.25) is 0 Å². The van der Waals surface area contributed by atoms with Gasteiger partial charge in [0, 0.05) is 23.5 Å². The molecule has 0 amide bonds. The fraction of sp³-hybridized carbons (Fsp3) is 0.394. The maximum Gasteiger partial charge on any atom is 0.201 e. The molecule has 0 atom stereocenters. The van der Waals surface area contributed by atoms with Crippen LogP contribution in [0.1, 0.15) is 63.4 Å². The van der Waals surface area contributed by atoms with Crippen molar-refractivity contribution in [2.24, 2.45) is 0 Å². The molecule has 0 radical (unpaired) electrons. The standard InChI is InChI=1S/C33H36F4O3/c1-3-5-7-8-9-19-38-28-18-17-26(32(36)33(28)37)23-13-11-22(12-14-23)25-15-16-27(31(35)30(25)34)24-20-39-29(40-21-24)10-6-4-2/h4,11-18,24,29H,2-3,5-10,19-21H2,1H3. The summed E-state index contributed by atoms with van der Waals surface area (Å²) in [7, 11) is 0. The van der Waals surface area contributed by atoms with Crippen LogP contribution in [-0.2, 0) is 9.47 Å². The van der Waals surface area contributed by atoms with Crippen LogP contribution in [0.5, 0.6) is 5.75 Å². The Hall–Kier alpha value is -3.16. The van der Waals surface area contributed by atoms with Gasteiger partial charge in [-0.25, -0.2) is 13.2 Å². The number of benzene rings is 3. The maximum atomic E-state index is 15.1. The molecular weight excluding hydrogens is 520 g/mol. The third kappa shape index (κ3) is 7.12. The van der Waals surface area contributed by atoms with Gasteiger partial charge < -0.3 is 14.2 Å². The Bertz CT molecular complexity index is 1270. The van der Waals surface area contributed by atoms with E-state index >= 15 is 8.78 Å². The Morgan fingerprint density at radius 1 is 0.775 bits per heavy atom. The molecule has 1 aliphatic rings. The number of hydrogen-bond acceptors (Lipinski definition) is 3. The molecule has 0 aliphatic carbocycles. The summed E-state index contributed by atoms with van der Waals surface area (Å²) in [6, 6.07) is 12.2. The van der Waals surface area contributed by atoms with Gasteiger partial charge in [-0.2, -0.15) is 4.39 Å². The lowest BCUT2D eigenvalue weighted by Gasteiger charge is -2.30. The number of ether oxygens (including phenoxy) is 3. The van der Waals surface area contributed by atoms with Gasteiger partial charge in [0.15, 0.2) is 29.5 Å². The summed E-state index contributed by atoms with van der Waals surface area (Å²) in [5, 5.41) is 0. The lowest BCUT2D eigenvalue weighted by molar-refractivity contribution is -0.189. The van der Waals surface area contributed by atoms with Gasteiger partial charge in [0.2, 0.25) is 5.82 Å². The molecule has 3 aromatic carbocycles. The van der Waals surface area contributed by atoms with Crippen molar-refractivity contribution in [2.75, 3.05) is 19.8 Å². The van der Waals surface area contributed by atoms with Crippen molar-refractivity contribution in [3.05, 3.63) is 90.0 Å². The Balaban J connectivity index is 1.43. The van der Waals surface area contributed by atoms with Gasteiger partial charge in [0.1, 0.15) is 0 Å². The topological polar surface area (TPSA) is 27.7 Å². The van der Waals surface area contributed by atoms with Crippen molar-refractivity contribution in [3.63, 3.8) is 0 Å². The lowest BCUT2D eigenvalue weighted by atomic mass is 9.94. The first-order chi connectivity index (χ1) is 19.4. The summed E-state index contributed by atoms with van der Waals surface area (Å²) in [4.78, 5) is 0. The monoisotopic (exact) mass is 556 g/mol. The van der Waals surface area contributed by atoms with E-state index in [0.29, 0.717) is 24.2 Å². The SMILES string of the molecule is C=CCCC1OCC(c2ccc(-c3ccc(-c4ccc(OCCCCCCC)c(F)c4F)cc3)c(F)c2F)CO1. The molecule has 214 valence electrons. The summed E-state index contributed by atoms with van der Waals surface area (Å²) in [5.41, 5.74) is 1.15. The minimum Gasteiger partial charge on any atom is -0.490 e. The molecule has 4 rings (SSSR count). The molecule has 3 aromatic rings. The molecule has 1 heterocycles. The van der Waals surface area contributed by atoms with E-state index in [4.69, 9.17) is 14.2 Å².